The van der Waals surface area contributed by atoms with Gasteiger partial charge in [0.25, 0.3) is 0 Å². The fourth-order valence-corrected chi connectivity index (χ4v) is 2.47. The van der Waals surface area contributed by atoms with Crippen LogP contribution in [0.5, 0.6) is 0 Å². The predicted octanol–water partition coefficient (Wildman–Crippen LogP) is 3.78. The van der Waals surface area contributed by atoms with Crippen LogP contribution in [0.3, 0.4) is 0 Å². The van der Waals surface area contributed by atoms with Crippen molar-refractivity contribution in [3.05, 3.63) is 35.6 Å². The summed E-state index contributed by atoms with van der Waals surface area (Å²) in [5.41, 5.74) is 0.654. The number of furan rings is 1. The van der Waals surface area contributed by atoms with Crippen molar-refractivity contribution in [2.45, 2.75) is 45.8 Å². The highest BCUT2D eigenvalue weighted by molar-refractivity contribution is 5.84. The van der Waals surface area contributed by atoms with Gasteiger partial charge in [0.15, 0.2) is 0 Å². The third kappa shape index (κ3) is 4.25. The highest BCUT2D eigenvalue weighted by Gasteiger charge is 2.26. The number of hydrogen-bond donors (Lipinski definition) is 2. The number of alkyl carbamates (subject to hydrolysis) is 1. The molecule has 1 atom stereocenters. The summed E-state index contributed by atoms with van der Waals surface area (Å²) in [7, 11) is 0. The fraction of sp³-hybridized carbons (Fsp3) is 0.412. The number of carboxylic acid groups (broad SMARTS) is 1. The SMILES string of the molecule is Cc1oc2ccccc2c1[C@@H](CC(=O)O)NC(=O)OC(C)(C)C. The summed E-state index contributed by atoms with van der Waals surface area (Å²) in [6.45, 7) is 6.99. The van der Waals surface area contributed by atoms with Crippen LogP contribution in [0.4, 0.5) is 4.79 Å². The molecule has 0 saturated carbocycles. The Morgan fingerprint density at radius 1 is 1.30 bits per heavy atom. The van der Waals surface area contributed by atoms with Crippen LogP contribution in [-0.2, 0) is 9.53 Å². The molecule has 0 bridgehead atoms. The van der Waals surface area contributed by atoms with E-state index >= 15 is 0 Å². The Morgan fingerprint density at radius 2 is 1.96 bits per heavy atom. The Morgan fingerprint density at radius 3 is 2.57 bits per heavy atom. The summed E-state index contributed by atoms with van der Waals surface area (Å²) in [4.78, 5) is 23.2. The van der Waals surface area contributed by atoms with Crippen molar-refractivity contribution in [2.24, 2.45) is 0 Å². The zero-order chi connectivity index (χ0) is 17.2. The molecule has 1 heterocycles. The Bertz CT molecular complexity index is 726. The lowest BCUT2D eigenvalue weighted by Gasteiger charge is -2.23. The van der Waals surface area contributed by atoms with Gasteiger partial charge in [-0.15, -0.1) is 0 Å². The lowest BCUT2D eigenvalue weighted by Crippen LogP contribution is -2.36. The summed E-state index contributed by atoms with van der Waals surface area (Å²) in [5.74, 6) is -0.441. The third-order valence-electron chi connectivity index (χ3n) is 3.24. The number of amides is 1. The predicted molar refractivity (Wildman–Crippen MR) is 85.3 cm³/mol. The molecule has 23 heavy (non-hydrogen) atoms. The van der Waals surface area contributed by atoms with Crippen molar-refractivity contribution in [1.29, 1.82) is 0 Å². The normalized spacial score (nSPS) is 12.9. The molecule has 6 heteroatoms. The van der Waals surface area contributed by atoms with E-state index in [4.69, 9.17) is 14.3 Å². The van der Waals surface area contributed by atoms with Crippen LogP contribution in [0.2, 0.25) is 0 Å². The van der Waals surface area contributed by atoms with Crippen LogP contribution in [0.25, 0.3) is 11.0 Å². The number of carbonyl (C=O) groups excluding carboxylic acids is 1. The Labute approximate surface area is 134 Å². The van der Waals surface area contributed by atoms with Gasteiger partial charge in [-0.1, -0.05) is 18.2 Å². The van der Waals surface area contributed by atoms with Crippen LogP contribution in [0.15, 0.2) is 28.7 Å². The molecule has 124 valence electrons. The molecule has 0 aliphatic carbocycles. The molecular weight excluding hydrogens is 298 g/mol. The van der Waals surface area contributed by atoms with Gasteiger partial charge in [0.1, 0.15) is 16.9 Å². The number of ether oxygens (including phenoxy) is 1. The van der Waals surface area contributed by atoms with E-state index in [1.54, 1.807) is 33.8 Å². The number of carbonyl (C=O) groups is 2. The Kier molecular flexibility index (Phi) is 4.63. The molecule has 1 amide bonds. The Balaban J connectivity index is 2.36. The molecule has 0 aliphatic heterocycles. The minimum absolute atomic E-state index is 0.260. The summed E-state index contributed by atoms with van der Waals surface area (Å²) < 4.78 is 10.9. The van der Waals surface area contributed by atoms with Gasteiger partial charge < -0.3 is 19.6 Å². The molecule has 6 nitrogen and oxygen atoms in total. The topological polar surface area (TPSA) is 88.8 Å². The van der Waals surface area contributed by atoms with Crippen molar-refractivity contribution in [1.82, 2.24) is 5.32 Å². The fourth-order valence-electron chi connectivity index (χ4n) is 2.47. The van der Waals surface area contributed by atoms with E-state index < -0.39 is 23.7 Å². The van der Waals surface area contributed by atoms with Crippen LogP contribution >= 0.6 is 0 Å². The molecule has 0 fully saturated rings. The first kappa shape index (κ1) is 16.9. The number of nitrogens with one attached hydrogen (secondary N) is 1. The number of aliphatic carboxylic acids is 1. The van der Waals surface area contributed by atoms with Gasteiger partial charge in [0.05, 0.1) is 12.5 Å². The minimum Gasteiger partial charge on any atom is -0.481 e. The zero-order valence-electron chi connectivity index (χ0n) is 13.7. The van der Waals surface area contributed by atoms with Gasteiger partial charge in [0, 0.05) is 10.9 Å². The highest BCUT2D eigenvalue weighted by atomic mass is 16.6. The average Bonchev–Trinajstić information content (AvgIpc) is 2.70. The standard InChI is InChI=1S/C17H21NO5/c1-10-15(11-7-5-6-8-13(11)22-10)12(9-14(19)20)18-16(21)23-17(2,3)4/h5-8,12H,9H2,1-4H3,(H,18,21)(H,19,20)/t12-/m1/s1. The van der Waals surface area contributed by atoms with Gasteiger partial charge in [-0.25, -0.2) is 4.79 Å². The minimum atomic E-state index is -1.02. The second-order valence-corrected chi connectivity index (χ2v) is 6.36. The number of fused-ring (bicyclic) bond motifs is 1. The number of rotatable bonds is 4. The maximum absolute atomic E-state index is 12.0. The molecule has 2 N–H and O–H groups in total. The second kappa shape index (κ2) is 6.32. The number of carboxylic acids is 1. The van der Waals surface area contributed by atoms with Crippen molar-refractivity contribution in [3.63, 3.8) is 0 Å². The summed E-state index contributed by atoms with van der Waals surface area (Å²) in [5, 5.41) is 12.6. The molecule has 1 aromatic carbocycles. The van der Waals surface area contributed by atoms with Gasteiger partial charge in [-0.05, 0) is 33.8 Å². The van der Waals surface area contributed by atoms with Crippen molar-refractivity contribution >= 4 is 23.0 Å². The van der Waals surface area contributed by atoms with E-state index in [0.717, 1.165) is 5.39 Å². The first-order valence-electron chi connectivity index (χ1n) is 7.36. The monoisotopic (exact) mass is 319 g/mol. The van der Waals surface area contributed by atoms with E-state index in [2.05, 4.69) is 5.32 Å². The number of aryl methyl sites for hydroxylation is 1. The van der Waals surface area contributed by atoms with Crippen LogP contribution in [0, 0.1) is 6.92 Å². The second-order valence-electron chi connectivity index (χ2n) is 6.36. The molecule has 0 aliphatic rings. The maximum atomic E-state index is 12.0. The highest BCUT2D eigenvalue weighted by Crippen LogP contribution is 2.32. The molecule has 0 unspecified atom stereocenters. The largest absolute Gasteiger partial charge is 0.481 e. The molecule has 2 aromatic rings. The van der Waals surface area contributed by atoms with Crippen molar-refractivity contribution in [3.8, 4) is 0 Å². The molecule has 0 spiro atoms. The number of benzene rings is 1. The summed E-state index contributed by atoms with van der Waals surface area (Å²) in [6.07, 6.45) is -0.919. The van der Waals surface area contributed by atoms with Crippen molar-refractivity contribution < 1.29 is 23.8 Å². The number of hydrogen-bond acceptors (Lipinski definition) is 4. The molecular formula is C17H21NO5. The van der Waals surface area contributed by atoms with Crippen LogP contribution < -0.4 is 5.32 Å². The lowest BCUT2D eigenvalue weighted by molar-refractivity contribution is -0.137. The summed E-state index contributed by atoms with van der Waals surface area (Å²) in [6, 6.07) is 6.59. The summed E-state index contributed by atoms with van der Waals surface area (Å²) >= 11 is 0. The molecule has 1 aromatic heterocycles. The third-order valence-corrected chi connectivity index (χ3v) is 3.24. The quantitative estimate of drug-likeness (QED) is 0.895. The van der Waals surface area contributed by atoms with Gasteiger partial charge in [-0.2, -0.15) is 0 Å². The van der Waals surface area contributed by atoms with Gasteiger partial charge in [0.2, 0.25) is 0 Å². The van der Waals surface area contributed by atoms with Gasteiger partial charge >= 0.3 is 12.1 Å². The van der Waals surface area contributed by atoms with E-state index in [1.165, 1.54) is 0 Å². The van der Waals surface area contributed by atoms with E-state index in [9.17, 15) is 9.59 Å². The molecule has 2 rings (SSSR count). The molecule has 0 saturated heterocycles. The zero-order valence-corrected chi connectivity index (χ0v) is 13.7. The van der Waals surface area contributed by atoms with E-state index in [-0.39, 0.29) is 6.42 Å². The first-order valence-corrected chi connectivity index (χ1v) is 7.36. The van der Waals surface area contributed by atoms with Gasteiger partial charge in [-0.3, -0.25) is 4.79 Å². The van der Waals surface area contributed by atoms with Crippen LogP contribution in [0.1, 0.15) is 44.6 Å². The van der Waals surface area contributed by atoms with E-state index in [1.807, 2.05) is 18.2 Å². The van der Waals surface area contributed by atoms with E-state index in [0.29, 0.717) is 16.9 Å². The lowest BCUT2D eigenvalue weighted by atomic mass is 10.0. The number of para-hydroxylation sites is 1. The van der Waals surface area contributed by atoms with Crippen LogP contribution in [-0.4, -0.2) is 22.8 Å². The smallest absolute Gasteiger partial charge is 0.408 e. The Hall–Kier alpha value is -2.50. The maximum Gasteiger partial charge on any atom is 0.408 e. The average molecular weight is 319 g/mol. The van der Waals surface area contributed by atoms with Crippen molar-refractivity contribution in [2.75, 3.05) is 0 Å². The molecule has 0 radical (unpaired) electrons. The first-order chi connectivity index (χ1) is 10.7.